The van der Waals surface area contributed by atoms with E-state index in [1.54, 1.807) is 12.1 Å². The molecule has 1 N–H and O–H groups in total. The molecule has 2 aliphatic rings. The number of fused-ring (bicyclic) bond motifs is 1. The lowest BCUT2D eigenvalue weighted by Crippen LogP contribution is -2.28. The largest absolute Gasteiger partial charge is 0.482 e. The minimum atomic E-state index is -0.708. The van der Waals surface area contributed by atoms with Crippen molar-refractivity contribution in [2.45, 2.75) is 25.4 Å². The van der Waals surface area contributed by atoms with Gasteiger partial charge in [-0.25, -0.2) is 4.39 Å². The smallest absolute Gasteiger partial charge is 0.138 e. The van der Waals surface area contributed by atoms with Crippen molar-refractivity contribution in [2.75, 3.05) is 13.1 Å². The summed E-state index contributed by atoms with van der Waals surface area (Å²) in [6.45, 7) is 3.82. The number of ether oxygens (including phenoxy) is 1. The molecule has 0 fully saturated rings. The Balaban J connectivity index is 1.75. The van der Waals surface area contributed by atoms with Gasteiger partial charge < -0.3 is 10.1 Å². The van der Waals surface area contributed by atoms with Crippen LogP contribution in [-0.2, 0) is 12.0 Å². The van der Waals surface area contributed by atoms with Gasteiger partial charge in [-0.05, 0) is 49.2 Å². The fourth-order valence-corrected chi connectivity index (χ4v) is 3.86. The first-order chi connectivity index (χ1) is 11.6. The molecule has 4 heteroatoms. The van der Waals surface area contributed by atoms with E-state index in [4.69, 9.17) is 16.3 Å². The summed E-state index contributed by atoms with van der Waals surface area (Å²) in [7, 11) is 0. The lowest BCUT2D eigenvalue weighted by molar-refractivity contribution is 0.111. The zero-order valence-electron chi connectivity index (χ0n) is 13.5. The number of nitrogens with one attached hydrogen (secondary N) is 1. The molecule has 2 aromatic rings. The number of halogens is 2. The Labute approximate surface area is 146 Å². The van der Waals surface area contributed by atoms with Gasteiger partial charge in [-0.3, -0.25) is 0 Å². The predicted octanol–water partition coefficient (Wildman–Crippen LogP) is 4.71. The van der Waals surface area contributed by atoms with Crippen molar-refractivity contribution in [3.05, 3.63) is 70.0 Å². The standard InChI is InChI=1S/C20H19ClFNO/c1-20(17-6-5-14(21)11-18(17)22)12-16-15(3-2-4-19(16)24-20)13-7-9-23-10-8-13/h2-7,11,23H,8-10,12H2,1H3/t20-/m1/s1. The zero-order valence-corrected chi connectivity index (χ0v) is 14.3. The molecule has 2 nitrogen and oxygen atoms in total. The summed E-state index contributed by atoms with van der Waals surface area (Å²) in [6.07, 6.45) is 3.89. The van der Waals surface area contributed by atoms with Crippen LogP contribution in [0, 0.1) is 5.82 Å². The zero-order chi connectivity index (χ0) is 16.7. The number of hydrogen-bond acceptors (Lipinski definition) is 2. The summed E-state index contributed by atoms with van der Waals surface area (Å²) < 4.78 is 20.6. The van der Waals surface area contributed by atoms with E-state index in [1.165, 1.54) is 22.8 Å². The van der Waals surface area contributed by atoms with Crippen molar-refractivity contribution in [1.82, 2.24) is 5.32 Å². The normalized spacial score (nSPS) is 22.7. The first kappa shape index (κ1) is 15.7. The van der Waals surface area contributed by atoms with Crippen molar-refractivity contribution in [3.8, 4) is 5.75 Å². The van der Waals surface area contributed by atoms with Crippen LogP contribution in [0.15, 0.2) is 42.5 Å². The third kappa shape index (κ3) is 2.62. The van der Waals surface area contributed by atoms with E-state index in [2.05, 4.69) is 17.5 Å². The van der Waals surface area contributed by atoms with Crippen LogP contribution >= 0.6 is 11.6 Å². The van der Waals surface area contributed by atoms with Crippen LogP contribution in [0.1, 0.15) is 30.0 Å². The summed E-state index contributed by atoms with van der Waals surface area (Å²) in [5.74, 6) is 0.532. The Hall–Kier alpha value is -1.84. The molecule has 2 aromatic carbocycles. The molecule has 4 rings (SSSR count). The average Bonchev–Trinajstić information content (AvgIpc) is 2.92. The van der Waals surface area contributed by atoms with Gasteiger partial charge in [0.05, 0.1) is 0 Å². The van der Waals surface area contributed by atoms with E-state index < -0.39 is 5.60 Å². The second-order valence-electron chi connectivity index (χ2n) is 6.60. The summed E-state index contributed by atoms with van der Waals surface area (Å²) in [5.41, 5.74) is 3.58. The Bertz CT molecular complexity index is 832. The number of rotatable bonds is 2. The highest BCUT2D eigenvalue weighted by molar-refractivity contribution is 6.30. The second kappa shape index (κ2) is 5.91. The van der Waals surface area contributed by atoms with Crippen LogP contribution in [0.2, 0.25) is 5.02 Å². The first-order valence-corrected chi connectivity index (χ1v) is 8.61. The molecular formula is C20H19ClFNO. The molecule has 0 aliphatic carbocycles. The molecule has 0 unspecified atom stereocenters. The van der Waals surface area contributed by atoms with Gasteiger partial charge in [-0.2, -0.15) is 0 Å². The molecule has 0 saturated heterocycles. The van der Waals surface area contributed by atoms with Gasteiger partial charge in [0.2, 0.25) is 0 Å². The van der Waals surface area contributed by atoms with Crippen molar-refractivity contribution in [1.29, 1.82) is 0 Å². The van der Waals surface area contributed by atoms with E-state index in [1.807, 2.05) is 19.1 Å². The van der Waals surface area contributed by atoms with Crippen LogP contribution in [0.25, 0.3) is 5.57 Å². The summed E-state index contributed by atoms with van der Waals surface area (Å²) in [6, 6.07) is 10.9. The summed E-state index contributed by atoms with van der Waals surface area (Å²) >= 11 is 5.89. The molecule has 0 spiro atoms. The lowest BCUT2D eigenvalue weighted by atomic mass is 9.86. The maximum absolute atomic E-state index is 14.4. The van der Waals surface area contributed by atoms with Gasteiger partial charge in [0.15, 0.2) is 0 Å². The first-order valence-electron chi connectivity index (χ1n) is 8.23. The van der Waals surface area contributed by atoms with Gasteiger partial charge >= 0.3 is 0 Å². The Kier molecular flexibility index (Phi) is 3.86. The minimum absolute atomic E-state index is 0.319. The molecular weight excluding hydrogens is 325 g/mol. The molecule has 0 saturated carbocycles. The van der Waals surface area contributed by atoms with E-state index >= 15 is 0 Å². The third-order valence-corrected chi connectivity index (χ3v) is 5.13. The van der Waals surface area contributed by atoms with Crippen LogP contribution in [0.5, 0.6) is 5.75 Å². The fourth-order valence-electron chi connectivity index (χ4n) is 3.70. The third-order valence-electron chi connectivity index (χ3n) is 4.89. The Morgan fingerprint density at radius 3 is 2.88 bits per heavy atom. The molecule has 0 amide bonds. The Morgan fingerprint density at radius 1 is 1.25 bits per heavy atom. The molecule has 0 radical (unpaired) electrons. The van der Waals surface area contributed by atoms with Crippen molar-refractivity contribution in [2.24, 2.45) is 0 Å². The quantitative estimate of drug-likeness (QED) is 0.853. The van der Waals surface area contributed by atoms with Gasteiger partial charge in [-0.15, -0.1) is 0 Å². The van der Waals surface area contributed by atoms with Crippen LogP contribution in [0.3, 0.4) is 0 Å². The van der Waals surface area contributed by atoms with Crippen LogP contribution < -0.4 is 10.1 Å². The van der Waals surface area contributed by atoms with Gasteiger partial charge in [0.25, 0.3) is 0 Å². The van der Waals surface area contributed by atoms with E-state index in [0.717, 1.165) is 25.3 Å². The number of benzene rings is 2. The molecule has 2 heterocycles. The molecule has 124 valence electrons. The topological polar surface area (TPSA) is 21.3 Å². The number of hydrogen-bond donors (Lipinski definition) is 1. The van der Waals surface area contributed by atoms with Crippen molar-refractivity contribution >= 4 is 17.2 Å². The van der Waals surface area contributed by atoms with Crippen molar-refractivity contribution < 1.29 is 9.13 Å². The predicted molar refractivity (Wildman–Crippen MR) is 95.0 cm³/mol. The SMILES string of the molecule is C[C@]1(c2ccc(Cl)cc2F)Cc2c(cccc2C2=CCNCC2)O1. The van der Waals surface area contributed by atoms with Crippen molar-refractivity contribution in [3.63, 3.8) is 0 Å². The van der Waals surface area contributed by atoms with Gasteiger partial charge in [0, 0.05) is 29.1 Å². The minimum Gasteiger partial charge on any atom is -0.482 e. The molecule has 2 aliphatic heterocycles. The van der Waals surface area contributed by atoms with E-state index in [9.17, 15) is 4.39 Å². The summed E-state index contributed by atoms with van der Waals surface area (Å²) in [5, 5.41) is 3.74. The van der Waals surface area contributed by atoms with Gasteiger partial charge in [0.1, 0.15) is 17.2 Å². The Morgan fingerprint density at radius 2 is 2.12 bits per heavy atom. The van der Waals surface area contributed by atoms with E-state index in [-0.39, 0.29) is 5.82 Å². The van der Waals surface area contributed by atoms with E-state index in [0.29, 0.717) is 17.0 Å². The lowest BCUT2D eigenvalue weighted by Gasteiger charge is -2.25. The molecule has 24 heavy (non-hydrogen) atoms. The maximum atomic E-state index is 14.4. The highest BCUT2D eigenvalue weighted by Crippen LogP contribution is 2.45. The highest BCUT2D eigenvalue weighted by atomic mass is 35.5. The highest BCUT2D eigenvalue weighted by Gasteiger charge is 2.40. The molecule has 1 atom stereocenters. The van der Waals surface area contributed by atoms with Gasteiger partial charge in [-0.1, -0.05) is 35.9 Å². The summed E-state index contributed by atoms with van der Waals surface area (Å²) in [4.78, 5) is 0. The fraction of sp³-hybridized carbons (Fsp3) is 0.300. The van der Waals surface area contributed by atoms with Crippen LogP contribution in [-0.4, -0.2) is 13.1 Å². The molecule has 0 bridgehead atoms. The second-order valence-corrected chi connectivity index (χ2v) is 7.04. The average molecular weight is 344 g/mol. The maximum Gasteiger partial charge on any atom is 0.138 e. The van der Waals surface area contributed by atoms with Crippen LogP contribution in [0.4, 0.5) is 4.39 Å². The molecule has 0 aromatic heterocycles. The monoisotopic (exact) mass is 343 g/mol.